The van der Waals surface area contributed by atoms with Crippen molar-refractivity contribution in [1.29, 1.82) is 0 Å². The number of fused-ring (bicyclic) bond motifs is 1. The van der Waals surface area contributed by atoms with Crippen LogP contribution in [0.4, 0.5) is 4.39 Å². The summed E-state index contributed by atoms with van der Waals surface area (Å²) in [6.45, 7) is 0. The van der Waals surface area contributed by atoms with E-state index in [0.717, 1.165) is 10.4 Å². The lowest BCUT2D eigenvalue weighted by Gasteiger charge is -1.93. The molecule has 13 heavy (non-hydrogen) atoms. The molecule has 1 nitrogen and oxygen atoms in total. The molecule has 0 bridgehead atoms. The number of pyridine rings is 1. The molecule has 2 aromatic rings. The average molecular weight is 281 g/mol. The molecule has 0 aliphatic heterocycles. The molecule has 0 N–H and O–H groups in total. The Morgan fingerprint density at radius 3 is 3.00 bits per heavy atom. The molecule has 0 fully saturated rings. The second-order valence-electron chi connectivity index (χ2n) is 2.47. The highest BCUT2D eigenvalue weighted by molar-refractivity contribution is 9.08. The van der Waals surface area contributed by atoms with Crippen LogP contribution in [0.25, 0.3) is 10.2 Å². The van der Waals surface area contributed by atoms with Crippen molar-refractivity contribution in [3.05, 3.63) is 28.0 Å². The Bertz CT molecular complexity index is 457. The van der Waals surface area contributed by atoms with Gasteiger partial charge in [-0.1, -0.05) is 27.5 Å². The summed E-state index contributed by atoms with van der Waals surface area (Å²) in [6.07, 6.45) is 0. The summed E-state index contributed by atoms with van der Waals surface area (Å²) >= 11 is 10.1. The molecule has 5 heteroatoms. The van der Waals surface area contributed by atoms with Crippen molar-refractivity contribution in [2.45, 2.75) is 5.33 Å². The SMILES string of the molecule is Fc1c(Cl)sc2ccc(CBr)nc12. The van der Waals surface area contributed by atoms with E-state index in [1.54, 1.807) is 0 Å². The average Bonchev–Trinajstić information content (AvgIpc) is 2.43. The zero-order valence-electron chi connectivity index (χ0n) is 6.35. The summed E-state index contributed by atoms with van der Waals surface area (Å²) in [5.74, 6) is -0.413. The van der Waals surface area contributed by atoms with Gasteiger partial charge < -0.3 is 0 Å². The molecule has 0 amide bonds. The van der Waals surface area contributed by atoms with Crippen LogP contribution in [-0.2, 0) is 5.33 Å². The number of hydrogen-bond donors (Lipinski definition) is 0. The first-order valence-electron chi connectivity index (χ1n) is 3.51. The lowest BCUT2D eigenvalue weighted by atomic mass is 10.3. The molecule has 0 atom stereocenters. The molecule has 0 aliphatic carbocycles. The minimum atomic E-state index is -0.413. The summed E-state index contributed by atoms with van der Waals surface area (Å²) in [7, 11) is 0. The fourth-order valence-corrected chi connectivity index (χ4v) is 2.43. The first-order valence-corrected chi connectivity index (χ1v) is 5.83. The number of aromatic nitrogens is 1. The summed E-state index contributed by atoms with van der Waals surface area (Å²) < 4.78 is 14.2. The van der Waals surface area contributed by atoms with Crippen molar-refractivity contribution in [3.63, 3.8) is 0 Å². The molecule has 68 valence electrons. The smallest absolute Gasteiger partial charge is 0.178 e. The third-order valence-corrected chi connectivity index (χ3v) is 3.51. The van der Waals surface area contributed by atoms with Gasteiger partial charge in [0, 0.05) is 5.33 Å². The predicted octanol–water partition coefficient (Wildman–Crippen LogP) is 3.98. The lowest BCUT2D eigenvalue weighted by molar-refractivity contribution is 0.641. The molecule has 2 heterocycles. The van der Waals surface area contributed by atoms with Crippen LogP contribution in [-0.4, -0.2) is 4.98 Å². The molecule has 2 rings (SSSR count). The number of nitrogens with zero attached hydrogens (tertiary/aromatic N) is 1. The van der Waals surface area contributed by atoms with Gasteiger partial charge in [0.25, 0.3) is 0 Å². The van der Waals surface area contributed by atoms with Crippen molar-refractivity contribution in [3.8, 4) is 0 Å². The molecule has 2 aromatic heterocycles. The zero-order chi connectivity index (χ0) is 9.42. The Hall–Kier alpha value is -0.190. The summed E-state index contributed by atoms with van der Waals surface area (Å²) in [5.41, 5.74) is 1.17. The van der Waals surface area contributed by atoms with Crippen LogP contribution >= 0.6 is 38.9 Å². The Balaban J connectivity index is 2.75. The standard InChI is InChI=1S/C8H4BrClFNS/c9-3-4-1-2-5-7(12-4)6(11)8(10)13-5/h1-2H,3H2. The van der Waals surface area contributed by atoms with Gasteiger partial charge in [0.05, 0.1) is 10.4 Å². The van der Waals surface area contributed by atoms with Gasteiger partial charge in [-0.15, -0.1) is 11.3 Å². The van der Waals surface area contributed by atoms with Crippen LogP contribution in [0.3, 0.4) is 0 Å². The zero-order valence-corrected chi connectivity index (χ0v) is 9.51. The molecule has 0 aromatic carbocycles. The second-order valence-corrected chi connectivity index (χ2v) is 4.69. The molecule has 0 saturated heterocycles. The highest BCUT2D eigenvalue weighted by atomic mass is 79.9. The summed E-state index contributed by atoms with van der Waals surface area (Å²) in [5, 5.41) is 0.621. The Labute approximate surface area is 91.7 Å². The number of halogens is 3. The normalized spacial score (nSPS) is 11.0. The van der Waals surface area contributed by atoms with Crippen molar-refractivity contribution in [1.82, 2.24) is 4.98 Å². The number of hydrogen-bond acceptors (Lipinski definition) is 2. The van der Waals surface area contributed by atoms with E-state index in [0.29, 0.717) is 10.8 Å². The number of rotatable bonds is 1. The maximum atomic E-state index is 13.3. The van der Waals surface area contributed by atoms with Gasteiger partial charge >= 0.3 is 0 Å². The third kappa shape index (κ3) is 1.58. The highest BCUT2D eigenvalue weighted by Crippen LogP contribution is 2.32. The molecule has 0 aliphatic rings. The van der Waals surface area contributed by atoms with E-state index in [1.807, 2.05) is 12.1 Å². The van der Waals surface area contributed by atoms with Crippen LogP contribution < -0.4 is 0 Å². The van der Waals surface area contributed by atoms with Crippen LogP contribution in [0.2, 0.25) is 4.34 Å². The quantitative estimate of drug-likeness (QED) is 0.720. The topological polar surface area (TPSA) is 12.9 Å². The van der Waals surface area contributed by atoms with Crippen LogP contribution in [0.1, 0.15) is 5.69 Å². The van der Waals surface area contributed by atoms with Crippen LogP contribution in [0, 0.1) is 5.82 Å². The Morgan fingerprint density at radius 1 is 1.54 bits per heavy atom. The van der Waals surface area contributed by atoms with E-state index in [4.69, 9.17) is 11.6 Å². The predicted molar refractivity (Wildman–Crippen MR) is 57.2 cm³/mol. The number of alkyl halides is 1. The van der Waals surface area contributed by atoms with Gasteiger partial charge in [-0.05, 0) is 12.1 Å². The Morgan fingerprint density at radius 2 is 2.31 bits per heavy atom. The molecule has 0 spiro atoms. The first-order chi connectivity index (χ1) is 6.22. The monoisotopic (exact) mass is 279 g/mol. The van der Waals surface area contributed by atoms with Crippen molar-refractivity contribution >= 4 is 49.1 Å². The molecule has 0 unspecified atom stereocenters. The van der Waals surface area contributed by atoms with Gasteiger partial charge in [-0.25, -0.2) is 9.37 Å². The molecular weight excluding hydrogens is 277 g/mol. The van der Waals surface area contributed by atoms with E-state index in [1.165, 1.54) is 11.3 Å². The van der Waals surface area contributed by atoms with Gasteiger partial charge in [-0.3, -0.25) is 0 Å². The minimum absolute atomic E-state index is 0.175. The highest BCUT2D eigenvalue weighted by Gasteiger charge is 2.11. The van der Waals surface area contributed by atoms with Gasteiger partial charge in [0.1, 0.15) is 9.85 Å². The number of thiophene rings is 1. The van der Waals surface area contributed by atoms with Crippen molar-refractivity contribution < 1.29 is 4.39 Å². The van der Waals surface area contributed by atoms with Crippen LogP contribution in [0.15, 0.2) is 12.1 Å². The van der Waals surface area contributed by atoms with E-state index >= 15 is 0 Å². The second kappa shape index (κ2) is 3.52. The fraction of sp³-hybridized carbons (Fsp3) is 0.125. The maximum absolute atomic E-state index is 13.3. The summed E-state index contributed by atoms with van der Waals surface area (Å²) in [6, 6.07) is 3.68. The van der Waals surface area contributed by atoms with Gasteiger partial charge in [0.2, 0.25) is 0 Å². The van der Waals surface area contributed by atoms with Crippen LogP contribution in [0.5, 0.6) is 0 Å². The third-order valence-electron chi connectivity index (χ3n) is 1.63. The minimum Gasteiger partial charge on any atom is -0.248 e. The molecule has 0 radical (unpaired) electrons. The van der Waals surface area contributed by atoms with Crippen molar-refractivity contribution in [2.24, 2.45) is 0 Å². The largest absolute Gasteiger partial charge is 0.248 e. The van der Waals surface area contributed by atoms with E-state index in [2.05, 4.69) is 20.9 Å². The Kier molecular flexibility index (Phi) is 2.53. The van der Waals surface area contributed by atoms with Gasteiger partial charge in [0.15, 0.2) is 5.82 Å². The van der Waals surface area contributed by atoms with Gasteiger partial charge in [-0.2, -0.15) is 0 Å². The van der Waals surface area contributed by atoms with E-state index < -0.39 is 5.82 Å². The fourth-order valence-electron chi connectivity index (χ4n) is 1.04. The van der Waals surface area contributed by atoms with Crippen molar-refractivity contribution in [2.75, 3.05) is 0 Å². The van der Waals surface area contributed by atoms with E-state index in [-0.39, 0.29) is 4.34 Å². The van der Waals surface area contributed by atoms with E-state index in [9.17, 15) is 4.39 Å². The first kappa shape index (κ1) is 9.37. The molecule has 0 saturated carbocycles. The summed E-state index contributed by atoms with van der Waals surface area (Å²) in [4.78, 5) is 4.12. The molecular formula is C8H4BrClFNS. The lowest BCUT2D eigenvalue weighted by Crippen LogP contribution is -1.84. The maximum Gasteiger partial charge on any atom is 0.178 e.